The highest BCUT2D eigenvalue weighted by molar-refractivity contribution is 5.87. The largest absolute Gasteiger partial charge is 0.350 e. The molecule has 1 aromatic rings. The van der Waals surface area contributed by atoms with Crippen LogP contribution in [0, 0.1) is 0 Å². The minimum atomic E-state index is -0.690. The lowest BCUT2D eigenvalue weighted by Gasteiger charge is -2.25. The topological polar surface area (TPSA) is 75.4 Å². The number of aryl methyl sites for hydroxylation is 1. The van der Waals surface area contributed by atoms with Crippen molar-refractivity contribution < 1.29 is 9.59 Å². The van der Waals surface area contributed by atoms with E-state index in [0.717, 1.165) is 45.1 Å². The first kappa shape index (κ1) is 19.7. The van der Waals surface area contributed by atoms with Gasteiger partial charge in [0.1, 0.15) is 0 Å². The monoisotopic (exact) mass is 365 g/mol. The van der Waals surface area contributed by atoms with Crippen LogP contribution in [0.4, 0.5) is 0 Å². The fourth-order valence-electron chi connectivity index (χ4n) is 3.72. The fraction of sp³-hybridized carbons (Fsp3) is 0.579. The van der Waals surface area contributed by atoms with Crippen LogP contribution in [-0.2, 0) is 16.0 Å². The van der Waals surface area contributed by atoms with Crippen molar-refractivity contribution in [3.8, 4) is 0 Å². The number of hydrogen-bond acceptors (Lipinski definition) is 3. The Labute approximate surface area is 155 Å². The van der Waals surface area contributed by atoms with Gasteiger partial charge in [-0.25, -0.2) is 0 Å². The van der Waals surface area contributed by atoms with Crippen molar-refractivity contribution in [1.82, 2.24) is 10.2 Å². The van der Waals surface area contributed by atoms with E-state index in [4.69, 9.17) is 5.73 Å². The van der Waals surface area contributed by atoms with Crippen molar-refractivity contribution in [3.63, 3.8) is 0 Å². The van der Waals surface area contributed by atoms with Gasteiger partial charge in [-0.2, -0.15) is 0 Å². The Morgan fingerprint density at radius 1 is 1.20 bits per heavy atom. The van der Waals surface area contributed by atoms with E-state index in [0.29, 0.717) is 13.0 Å². The Hall–Kier alpha value is -1.59. The molecule has 1 aliphatic heterocycles. The maximum absolute atomic E-state index is 12.4. The highest BCUT2D eigenvalue weighted by Gasteiger charge is 2.39. The number of carbonyl (C=O) groups excluding carboxylic acids is 2. The Bertz CT molecular complexity index is 588. The number of likely N-dealkylation sites (tertiary alicyclic amines) is 1. The highest BCUT2D eigenvalue weighted by Crippen LogP contribution is 2.27. The van der Waals surface area contributed by atoms with Crippen LogP contribution in [0.2, 0.25) is 0 Å². The van der Waals surface area contributed by atoms with Crippen molar-refractivity contribution in [1.29, 1.82) is 0 Å². The van der Waals surface area contributed by atoms with Crippen molar-refractivity contribution >= 4 is 24.2 Å². The lowest BCUT2D eigenvalue weighted by molar-refractivity contribution is -0.131. The normalized spacial score (nSPS) is 21.6. The molecule has 25 heavy (non-hydrogen) atoms. The first-order chi connectivity index (χ1) is 11.6. The molecule has 1 aliphatic carbocycles. The molecule has 2 amide bonds. The second-order valence-corrected chi connectivity index (χ2v) is 7.15. The van der Waals surface area contributed by atoms with E-state index in [9.17, 15) is 9.59 Å². The SMILES string of the molecule is Cl.NC1(C(=O)NC2CCN(C(=O)CCc3ccccc3)C2)CCCC1. The summed E-state index contributed by atoms with van der Waals surface area (Å²) in [5.41, 5.74) is 6.69. The molecule has 3 rings (SSSR count). The summed E-state index contributed by atoms with van der Waals surface area (Å²) >= 11 is 0. The summed E-state index contributed by atoms with van der Waals surface area (Å²) in [5, 5.41) is 3.06. The van der Waals surface area contributed by atoms with Crippen LogP contribution in [0.15, 0.2) is 30.3 Å². The molecule has 0 bridgehead atoms. The number of rotatable bonds is 5. The third kappa shape index (κ3) is 4.95. The molecule has 1 saturated carbocycles. The van der Waals surface area contributed by atoms with E-state index in [-0.39, 0.29) is 30.3 Å². The number of benzene rings is 1. The van der Waals surface area contributed by atoms with E-state index in [2.05, 4.69) is 5.32 Å². The number of hydrogen-bond donors (Lipinski definition) is 2. The number of nitrogens with two attached hydrogens (primary N) is 1. The van der Waals surface area contributed by atoms with Gasteiger partial charge in [0.15, 0.2) is 0 Å². The quantitative estimate of drug-likeness (QED) is 0.838. The van der Waals surface area contributed by atoms with Crippen molar-refractivity contribution in [3.05, 3.63) is 35.9 Å². The molecule has 0 spiro atoms. The summed E-state index contributed by atoms with van der Waals surface area (Å²) < 4.78 is 0. The maximum atomic E-state index is 12.4. The van der Waals surface area contributed by atoms with Gasteiger partial charge in [-0.3, -0.25) is 9.59 Å². The Morgan fingerprint density at radius 3 is 2.56 bits per heavy atom. The number of amides is 2. The minimum Gasteiger partial charge on any atom is -0.350 e. The summed E-state index contributed by atoms with van der Waals surface area (Å²) in [6, 6.07) is 10.1. The van der Waals surface area contributed by atoms with Crippen LogP contribution in [0.25, 0.3) is 0 Å². The molecule has 1 heterocycles. The second kappa shape index (κ2) is 8.68. The summed E-state index contributed by atoms with van der Waals surface area (Å²) in [5.74, 6) is 0.127. The van der Waals surface area contributed by atoms with Gasteiger partial charge in [0.05, 0.1) is 5.54 Å². The Balaban J connectivity index is 0.00000225. The lowest BCUT2D eigenvalue weighted by atomic mass is 9.97. The molecular formula is C19H28ClN3O2. The van der Waals surface area contributed by atoms with Crippen LogP contribution < -0.4 is 11.1 Å². The summed E-state index contributed by atoms with van der Waals surface area (Å²) in [6.07, 6.45) is 5.69. The average molecular weight is 366 g/mol. The molecule has 5 nitrogen and oxygen atoms in total. The fourth-order valence-corrected chi connectivity index (χ4v) is 3.72. The summed E-state index contributed by atoms with van der Waals surface area (Å²) in [6.45, 7) is 1.32. The zero-order chi connectivity index (χ0) is 17.0. The smallest absolute Gasteiger partial charge is 0.240 e. The number of carbonyl (C=O) groups is 2. The first-order valence-electron chi connectivity index (χ1n) is 8.98. The molecule has 2 aliphatic rings. The van der Waals surface area contributed by atoms with Crippen LogP contribution >= 0.6 is 12.4 Å². The van der Waals surface area contributed by atoms with Crippen LogP contribution in [0.1, 0.15) is 44.1 Å². The molecule has 1 aromatic carbocycles. The third-order valence-corrected chi connectivity index (χ3v) is 5.29. The minimum absolute atomic E-state index is 0. The maximum Gasteiger partial charge on any atom is 0.240 e. The molecule has 1 saturated heterocycles. The Kier molecular flexibility index (Phi) is 6.85. The zero-order valence-electron chi connectivity index (χ0n) is 14.6. The third-order valence-electron chi connectivity index (χ3n) is 5.29. The van der Waals surface area contributed by atoms with Crippen molar-refractivity contribution in [2.45, 2.75) is 56.5 Å². The molecule has 0 radical (unpaired) electrons. The molecule has 138 valence electrons. The standard InChI is InChI=1S/C19H27N3O2.ClH/c20-19(11-4-5-12-19)18(24)21-16-10-13-22(14-16)17(23)9-8-15-6-2-1-3-7-15;/h1-3,6-7,16H,4-5,8-14,20H2,(H,21,24);1H. The van der Waals surface area contributed by atoms with Gasteiger partial charge >= 0.3 is 0 Å². The second-order valence-electron chi connectivity index (χ2n) is 7.15. The van der Waals surface area contributed by atoms with E-state index in [1.807, 2.05) is 35.2 Å². The summed E-state index contributed by atoms with van der Waals surface area (Å²) in [7, 11) is 0. The van der Waals surface area contributed by atoms with Crippen LogP contribution in [0.5, 0.6) is 0 Å². The lowest BCUT2D eigenvalue weighted by Crippen LogP contribution is -2.55. The summed E-state index contributed by atoms with van der Waals surface area (Å²) in [4.78, 5) is 26.6. The van der Waals surface area contributed by atoms with Gasteiger partial charge in [0.2, 0.25) is 11.8 Å². The average Bonchev–Trinajstić information content (AvgIpc) is 3.24. The van der Waals surface area contributed by atoms with E-state index in [1.165, 1.54) is 5.56 Å². The van der Waals surface area contributed by atoms with Gasteiger partial charge in [-0.1, -0.05) is 43.2 Å². The van der Waals surface area contributed by atoms with E-state index < -0.39 is 5.54 Å². The van der Waals surface area contributed by atoms with Gasteiger partial charge in [-0.05, 0) is 31.2 Å². The molecule has 3 N–H and O–H groups in total. The predicted octanol–water partition coefficient (Wildman–Crippen LogP) is 2.03. The number of halogens is 1. The van der Waals surface area contributed by atoms with Crippen LogP contribution in [-0.4, -0.2) is 41.4 Å². The van der Waals surface area contributed by atoms with Gasteiger partial charge in [0, 0.05) is 25.6 Å². The highest BCUT2D eigenvalue weighted by atomic mass is 35.5. The number of nitrogens with one attached hydrogen (secondary N) is 1. The van der Waals surface area contributed by atoms with Crippen molar-refractivity contribution in [2.24, 2.45) is 5.73 Å². The molecule has 0 aromatic heterocycles. The molecule has 1 atom stereocenters. The van der Waals surface area contributed by atoms with E-state index >= 15 is 0 Å². The zero-order valence-corrected chi connectivity index (χ0v) is 15.4. The molecule has 2 fully saturated rings. The van der Waals surface area contributed by atoms with Crippen LogP contribution in [0.3, 0.4) is 0 Å². The molecule has 1 unspecified atom stereocenters. The van der Waals surface area contributed by atoms with Gasteiger partial charge < -0.3 is 16.0 Å². The predicted molar refractivity (Wildman–Crippen MR) is 101 cm³/mol. The first-order valence-corrected chi connectivity index (χ1v) is 8.98. The van der Waals surface area contributed by atoms with Gasteiger partial charge in [-0.15, -0.1) is 12.4 Å². The number of nitrogens with zero attached hydrogens (tertiary/aromatic N) is 1. The molecule has 6 heteroatoms. The van der Waals surface area contributed by atoms with Crippen molar-refractivity contribution in [2.75, 3.05) is 13.1 Å². The van der Waals surface area contributed by atoms with Gasteiger partial charge in [0.25, 0.3) is 0 Å². The van der Waals surface area contributed by atoms with E-state index in [1.54, 1.807) is 0 Å². The Morgan fingerprint density at radius 2 is 1.88 bits per heavy atom. The molecular weight excluding hydrogens is 338 g/mol.